The summed E-state index contributed by atoms with van der Waals surface area (Å²) in [6.07, 6.45) is 0. The van der Waals surface area contributed by atoms with E-state index in [4.69, 9.17) is 16.8 Å². The third-order valence-corrected chi connectivity index (χ3v) is 4.16. The highest BCUT2D eigenvalue weighted by Crippen LogP contribution is 2.20. The molecule has 0 aliphatic rings. The molecule has 28 heavy (non-hydrogen) atoms. The molecule has 0 aromatic heterocycles. The van der Waals surface area contributed by atoms with E-state index in [9.17, 15) is 14.8 Å². The molecule has 0 fully saturated rings. The van der Waals surface area contributed by atoms with Crippen molar-refractivity contribution in [2.75, 3.05) is 15.9 Å². The second-order valence-corrected chi connectivity index (χ2v) is 6.20. The number of benzene rings is 3. The van der Waals surface area contributed by atoms with Crippen molar-refractivity contribution in [2.45, 2.75) is 0 Å². The standard InChI is InChI=1S/C20H15ClN3O4/c21-18-10-2-1-9-17(18)20(26)23-15-7-4-6-14(12-15)22-19(25)13-5-3-8-16(11-13)24(27)28/h1-12,27H,(H,22,25)(H,23,26)/q-1. The number of halogens is 1. The van der Waals surface area contributed by atoms with E-state index >= 15 is 0 Å². The Kier molecular flexibility index (Phi) is 5.90. The average Bonchev–Trinajstić information content (AvgIpc) is 2.68. The summed E-state index contributed by atoms with van der Waals surface area (Å²) in [4.78, 5) is 24.7. The van der Waals surface area contributed by atoms with Gasteiger partial charge in [0.1, 0.15) is 0 Å². The zero-order valence-corrected chi connectivity index (χ0v) is 15.2. The Labute approximate surface area is 165 Å². The summed E-state index contributed by atoms with van der Waals surface area (Å²) in [5, 5.41) is 25.3. The first-order chi connectivity index (χ1) is 13.4. The van der Waals surface area contributed by atoms with Crippen LogP contribution < -0.4 is 15.9 Å². The molecule has 0 radical (unpaired) electrons. The van der Waals surface area contributed by atoms with Crippen LogP contribution in [0.15, 0.2) is 72.8 Å². The van der Waals surface area contributed by atoms with Crippen LogP contribution in [0.1, 0.15) is 20.7 Å². The summed E-state index contributed by atoms with van der Waals surface area (Å²) >= 11 is 6.03. The molecule has 0 saturated carbocycles. The van der Waals surface area contributed by atoms with Crippen LogP contribution in [0.25, 0.3) is 0 Å². The smallest absolute Gasteiger partial charge is 0.257 e. The third-order valence-electron chi connectivity index (χ3n) is 3.83. The van der Waals surface area contributed by atoms with Crippen LogP contribution in [0.5, 0.6) is 0 Å². The van der Waals surface area contributed by atoms with Gasteiger partial charge in [0.15, 0.2) is 0 Å². The summed E-state index contributed by atoms with van der Waals surface area (Å²) in [6.45, 7) is 0. The van der Waals surface area contributed by atoms with Crippen molar-refractivity contribution in [3.8, 4) is 0 Å². The van der Waals surface area contributed by atoms with Gasteiger partial charge in [0.25, 0.3) is 11.8 Å². The summed E-state index contributed by atoms with van der Waals surface area (Å²) < 4.78 is 0. The van der Waals surface area contributed by atoms with Gasteiger partial charge in [-0.2, -0.15) is 0 Å². The van der Waals surface area contributed by atoms with Gasteiger partial charge >= 0.3 is 0 Å². The van der Waals surface area contributed by atoms with Crippen LogP contribution in [0, 0.1) is 5.21 Å². The minimum absolute atomic E-state index is 0.0617. The monoisotopic (exact) mass is 396 g/mol. The maximum Gasteiger partial charge on any atom is 0.257 e. The Balaban J connectivity index is 1.73. The van der Waals surface area contributed by atoms with Crippen molar-refractivity contribution in [2.24, 2.45) is 0 Å². The molecule has 0 saturated heterocycles. The second kappa shape index (κ2) is 8.53. The maximum atomic E-state index is 12.4. The molecule has 7 nitrogen and oxygen atoms in total. The number of anilines is 3. The molecule has 2 amide bonds. The van der Waals surface area contributed by atoms with Crippen molar-refractivity contribution in [3.05, 3.63) is 94.2 Å². The van der Waals surface area contributed by atoms with Crippen molar-refractivity contribution < 1.29 is 14.8 Å². The predicted molar refractivity (Wildman–Crippen MR) is 108 cm³/mol. The quantitative estimate of drug-likeness (QED) is 0.549. The lowest BCUT2D eigenvalue weighted by molar-refractivity contribution is 0.101. The number of rotatable bonds is 5. The summed E-state index contributed by atoms with van der Waals surface area (Å²) in [7, 11) is 0. The molecule has 0 atom stereocenters. The Hall–Kier alpha value is -3.39. The van der Waals surface area contributed by atoms with Gasteiger partial charge in [0.2, 0.25) is 0 Å². The van der Waals surface area contributed by atoms with Gasteiger partial charge in [-0.05, 0) is 48.5 Å². The first-order valence-electron chi connectivity index (χ1n) is 8.17. The molecule has 0 aliphatic heterocycles. The number of nitrogens with zero attached hydrogens (tertiary/aromatic N) is 1. The van der Waals surface area contributed by atoms with Crippen LogP contribution in [0.4, 0.5) is 17.1 Å². The topological polar surface area (TPSA) is 105 Å². The zero-order valence-electron chi connectivity index (χ0n) is 14.4. The van der Waals surface area contributed by atoms with Gasteiger partial charge in [0, 0.05) is 16.9 Å². The van der Waals surface area contributed by atoms with Crippen LogP contribution in [0.2, 0.25) is 5.02 Å². The number of amides is 2. The SMILES string of the molecule is O=C(Nc1cccc(NC(=O)c2ccccc2Cl)c1)c1cccc(N([O-])O)c1. The van der Waals surface area contributed by atoms with Gasteiger partial charge < -0.3 is 21.1 Å². The molecule has 0 aliphatic carbocycles. The second-order valence-electron chi connectivity index (χ2n) is 5.79. The van der Waals surface area contributed by atoms with E-state index in [0.29, 0.717) is 22.0 Å². The fourth-order valence-corrected chi connectivity index (χ4v) is 2.71. The molecule has 3 N–H and O–H groups in total. The minimum Gasteiger partial charge on any atom is -0.733 e. The van der Waals surface area contributed by atoms with Gasteiger partial charge in [-0.3, -0.25) is 14.8 Å². The lowest BCUT2D eigenvalue weighted by Crippen LogP contribution is -2.15. The lowest BCUT2D eigenvalue weighted by atomic mass is 10.1. The van der Waals surface area contributed by atoms with E-state index in [0.717, 1.165) is 0 Å². The molecule has 3 aromatic carbocycles. The molecule has 8 heteroatoms. The Bertz CT molecular complexity index is 1020. The van der Waals surface area contributed by atoms with Crippen molar-refractivity contribution >= 4 is 40.5 Å². The Morgan fingerprint density at radius 3 is 2.18 bits per heavy atom. The number of carbonyl (C=O) groups is 2. The van der Waals surface area contributed by atoms with Crippen molar-refractivity contribution in [1.29, 1.82) is 0 Å². The Morgan fingerprint density at radius 2 is 1.50 bits per heavy atom. The number of nitrogens with one attached hydrogen (secondary N) is 2. The maximum absolute atomic E-state index is 12.4. The molecule has 0 spiro atoms. The predicted octanol–water partition coefficient (Wildman–Crippen LogP) is 4.54. The zero-order chi connectivity index (χ0) is 20.1. The van der Waals surface area contributed by atoms with Crippen LogP contribution in [-0.4, -0.2) is 17.0 Å². The lowest BCUT2D eigenvalue weighted by Gasteiger charge is -2.21. The fourth-order valence-electron chi connectivity index (χ4n) is 2.49. The van der Waals surface area contributed by atoms with Crippen LogP contribution in [0.3, 0.4) is 0 Å². The highest BCUT2D eigenvalue weighted by molar-refractivity contribution is 6.34. The van der Waals surface area contributed by atoms with E-state index < -0.39 is 5.91 Å². The largest absolute Gasteiger partial charge is 0.733 e. The highest BCUT2D eigenvalue weighted by Gasteiger charge is 2.11. The summed E-state index contributed by atoms with van der Waals surface area (Å²) in [5.41, 5.74) is 1.38. The molecule has 142 valence electrons. The van der Waals surface area contributed by atoms with Crippen molar-refractivity contribution in [1.82, 2.24) is 0 Å². The average molecular weight is 397 g/mol. The first-order valence-corrected chi connectivity index (χ1v) is 8.55. The number of hydrogen-bond donors (Lipinski definition) is 3. The van der Waals surface area contributed by atoms with E-state index in [1.54, 1.807) is 48.5 Å². The molecular weight excluding hydrogens is 382 g/mol. The first kappa shape index (κ1) is 19.4. The van der Waals surface area contributed by atoms with Crippen LogP contribution >= 0.6 is 11.6 Å². The van der Waals surface area contributed by atoms with Gasteiger partial charge in [-0.15, -0.1) is 0 Å². The van der Waals surface area contributed by atoms with E-state index in [1.165, 1.54) is 24.3 Å². The van der Waals surface area contributed by atoms with Gasteiger partial charge in [-0.1, -0.05) is 35.9 Å². The number of hydrogen-bond acceptors (Lipinski definition) is 5. The number of carbonyl (C=O) groups excluding carboxylic acids is 2. The molecule has 3 aromatic rings. The molecule has 3 rings (SSSR count). The van der Waals surface area contributed by atoms with E-state index in [2.05, 4.69) is 10.6 Å². The van der Waals surface area contributed by atoms with Gasteiger partial charge in [0.05, 0.1) is 16.3 Å². The summed E-state index contributed by atoms with van der Waals surface area (Å²) in [5.74, 6) is -0.849. The van der Waals surface area contributed by atoms with Gasteiger partial charge in [-0.25, -0.2) is 0 Å². The molecule has 0 unspecified atom stereocenters. The van der Waals surface area contributed by atoms with E-state index in [-0.39, 0.29) is 22.4 Å². The normalized spacial score (nSPS) is 10.2. The van der Waals surface area contributed by atoms with Crippen molar-refractivity contribution in [3.63, 3.8) is 0 Å². The van der Waals surface area contributed by atoms with E-state index in [1.807, 2.05) is 0 Å². The highest BCUT2D eigenvalue weighted by atomic mass is 35.5. The third kappa shape index (κ3) is 4.66. The molecule has 0 heterocycles. The molecular formula is C20H15ClN3O4-. The molecule has 0 bridgehead atoms. The fraction of sp³-hybridized carbons (Fsp3) is 0. The Morgan fingerprint density at radius 1 is 0.857 bits per heavy atom. The summed E-state index contributed by atoms with van der Waals surface area (Å²) in [6, 6.07) is 18.9. The van der Waals surface area contributed by atoms with Crippen LogP contribution in [-0.2, 0) is 0 Å². The minimum atomic E-state index is -0.474.